The Morgan fingerprint density at radius 2 is 1.40 bits per heavy atom. The van der Waals surface area contributed by atoms with Crippen molar-refractivity contribution in [3.63, 3.8) is 0 Å². The molecule has 0 amide bonds. The van der Waals surface area contributed by atoms with E-state index < -0.39 is 0 Å². The van der Waals surface area contributed by atoms with Crippen molar-refractivity contribution in [2.75, 3.05) is 20.6 Å². The monoisotopic (exact) mass is 277 g/mol. The third-order valence-electron chi connectivity index (χ3n) is 3.77. The minimum absolute atomic E-state index is 0.556. The van der Waals surface area contributed by atoms with Gasteiger partial charge in [0.05, 0.1) is 0 Å². The first-order chi connectivity index (χ1) is 9.58. The van der Waals surface area contributed by atoms with E-state index in [4.69, 9.17) is 0 Å². The second-order valence-electron chi connectivity index (χ2n) is 6.02. The highest BCUT2D eigenvalue weighted by Crippen LogP contribution is 2.28. The lowest BCUT2D eigenvalue weighted by atomic mass is 9.96. The quantitative estimate of drug-likeness (QED) is 0.732. The van der Waals surface area contributed by atoms with Crippen LogP contribution in [0.25, 0.3) is 0 Å². The third-order valence-corrected chi connectivity index (χ3v) is 3.77. The summed E-state index contributed by atoms with van der Waals surface area (Å²) >= 11 is 0. The second kappa shape index (κ2) is 9.02. The predicted molar refractivity (Wildman–Crippen MR) is 87.6 cm³/mol. The van der Waals surface area contributed by atoms with Gasteiger partial charge in [-0.2, -0.15) is 0 Å². The van der Waals surface area contributed by atoms with Crippen LogP contribution in [-0.4, -0.2) is 30.6 Å². The predicted octanol–water partition coefficient (Wildman–Crippen LogP) is 4.18. The zero-order valence-electron chi connectivity index (χ0n) is 13.7. The minimum Gasteiger partial charge on any atom is -0.507 e. The lowest BCUT2D eigenvalue weighted by molar-refractivity contribution is 0.413. The van der Waals surface area contributed by atoms with Crippen molar-refractivity contribution in [3.8, 4) is 5.75 Å². The normalized spacial score (nSPS) is 11.2. The number of phenolic OH excluding ortho intramolecular Hbond substituents is 1. The summed E-state index contributed by atoms with van der Waals surface area (Å²) in [6.07, 6.45) is 7.70. The van der Waals surface area contributed by atoms with Crippen LogP contribution in [0.3, 0.4) is 0 Å². The molecule has 0 saturated heterocycles. The molecule has 20 heavy (non-hydrogen) atoms. The highest BCUT2D eigenvalue weighted by Gasteiger charge is 2.10. The zero-order valence-corrected chi connectivity index (χ0v) is 13.7. The average Bonchev–Trinajstić information content (AvgIpc) is 2.43. The number of hydrogen-bond donors (Lipinski definition) is 1. The number of nitrogens with zero attached hydrogens (tertiary/aromatic N) is 1. The number of phenols is 1. The van der Waals surface area contributed by atoms with Crippen LogP contribution < -0.4 is 0 Å². The molecule has 0 aliphatic rings. The van der Waals surface area contributed by atoms with E-state index in [2.05, 4.69) is 45.0 Å². The maximum Gasteiger partial charge on any atom is 0.121 e. The summed E-state index contributed by atoms with van der Waals surface area (Å²) in [5, 5.41) is 10.4. The molecule has 0 bridgehead atoms. The smallest absolute Gasteiger partial charge is 0.121 e. The summed E-state index contributed by atoms with van der Waals surface area (Å²) in [4.78, 5) is 2.21. The highest BCUT2D eigenvalue weighted by atomic mass is 16.3. The Hall–Kier alpha value is -1.02. The van der Waals surface area contributed by atoms with Crippen LogP contribution in [0.4, 0.5) is 0 Å². The molecular weight excluding hydrogens is 246 g/mol. The molecule has 1 N–H and O–H groups in total. The maximum atomic E-state index is 10.4. The number of rotatable bonds is 9. The highest BCUT2D eigenvalue weighted by molar-refractivity contribution is 5.44. The van der Waals surface area contributed by atoms with Gasteiger partial charge >= 0.3 is 0 Å². The van der Waals surface area contributed by atoms with Gasteiger partial charge in [0.15, 0.2) is 0 Å². The lowest BCUT2D eigenvalue weighted by Crippen LogP contribution is -2.15. The Bertz CT molecular complexity index is 369. The molecule has 0 heterocycles. The molecule has 0 saturated carbocycles. The van der Waals surface area contributed by atoms with E-state index in [1.807, 2.05) is 0 Å². The van der Waals surface area contributed by atoms with E-state index in [1.54, 1.807) is 0 Å². The van der Waals surface area contributed by atoms with Crippen molar-refractivity contribution in [2.24, 2.45) is 0 Å². The fraction of sp³-hybridized carbons (Fsp3) is 0.667. The van der Waals surface area contributed by atoms with Crippen LogP contribution in [0.15, 0.2) is 12.1 Å². The van der Waals surface area contributed by atoms with Crippen LogP contribution in [0, 0.1) is 0 Å². The van der Waals surface area contributed by atoms with Gasteiger partial charge in [-0.3, -0.25) is 0 Å². The zero-order chi connectivity index (χ0) is 15.0. The van der Waals surface area contributed by atoms with Crippen molar-refractivity contribution in [1.29, 1.82) is 0 Å². The van der Waals surface area contributed by atoms with Crippen molar-refractivity contribution in [3.05, 3.63) is 28.8 Å². The number of benzene rings is 1. The molecule has 0 aliphatic heterocycles. The molecule has 0 unspecified atom stereocenters. The number of hydrogen-bond acceptors (Lipinski definition) is 2. The lowest BCUT2D eigenvalue weighted by Gasteiger charge is -2.15. The second-order valence-corrected chi connectivity index (χ2v) is 6.02. The molecule has 2 heteroatoms. The van der Waals surface area contributed by atoms with Gasteiger partial charge in [-0.05, 0) is 62.9 Å². The first kappa shape index (κ1) is 17.0. The number of aryl methyl sites for hydroxylation is 2. The Balaban J connectivity index is 2.92. The summed E-state index contributed by atoms with van der Waals surface area (Å²) in [7, 11) is 4.22. The molecular formula is C18H31NO. The summed E-state index contributed by atoms with van der Waals surface area (Å²) in [6, 6.07) is 4.42. The van der Waals surface area contributed by atoms with E-state index in [0.29, 0.717) is 5.75 Å². The molecule has 1 aromatic carbocycles. The van der Waals surface area contributed by atoms with Crippen molar-refractivity contribution in [1.82, 2.24) is 4.90 Å². The first-order valence-electron chi connectivity index (χ1n) is 8.06. The summed E-state index contributed by atoms with van der Waals surface area (Å²) in [5.41, 5.74) is 3.66. The molecule has 2 nitrogen and oxygen atoms in total. The molecule has 0 radical (unpaired) electrons. The molecule has 1 aromatic rings. The number of likely N-dealkylation sites (N-methyl/N-ethyl adjacent to an activating group) is 1. The van der Waals surface area contributed by atoms with Crippen LogP contribution in [-0.2, 0) is 19.3 Å². The Kier molecular flexibility index (Phi) is 7.68. The average molecular weight is 277 g/mol. The molecule has 0 fully saturated rings. The molecule has 0 aromatic heterocycles. The fourth-order valence-corrected chi connectivity index (χ4v) is 2.44. The van der Waals surface area contributed by atoms with Gasteiger partial charge in [0.2, 0.25) is 0 Å². The van der Waals surface area contributed by atoms with Crippen LogP contribution in [0.5, 0.6) is 5.75 Å². The summed E-state index contributed by atoms with van der Waals surface area (Å²) in [5.74, 6) is 0.556. The molecule has 0 atom stereocenters. The molecule has 0 aliphatic carbocycles. The fourth-order valence-electron chi connectivity index (χ4n) is 2.44. The Morgan fingerprint density at radius 1 is 0.900 bits per heavy atom. The van der Waals surface area contributed by atoms with Gasteiger partial charge in [0, 0.05) is 6.54 Å². The van der Waals surface area contributed by atoms with Crippen LogP contribution in [0.1, 0.15) is 56.2 Å². The number of aromatic hydroxyl groups is 1. The topological polar surface area (TPSA) is 23.5 Å². The SMILES string of the molecule is CCCCc1cc(CCN(C)C)cc(CCCC)c1O. The van der Waals surface area contributed by atoms with Gasteiger partial charge in [-0.25, -0.2) is 0 Å². The van der Waals surface area contributed by atoms with Crippen LogP contribution >= 0.6 is 0 Å². The van der Waals surface area contributed by atoms with Crippen molar-refractivity contribution < 1.29 is 5.11 Å². The standard InChI is InChI=1S/C18H31NO/c1-5-7-9-16-13-15(11-12-19(3)4)14-17(18(16)20)10-8-6-2/h13-14,20H,5-12H2,1-4H3. The van der Waals surface area contributed by atoms with Crippen molar-refractivity contribution in [2.45, 2.75) is 58.8 Å². The van der Waals surface area contributed by atoms with Gasteiger partial charge in [-0.1, -0.05) is 38.8 Å². The van der Waals surface area contributed by atoms with E-state index in [0.717, 1.165) is 49.8 Å². The van der Waals surface area contributed by atoms with Gasteiger partial charge in [0.25, 0.3) is 0 Å². The Morgan fingerprint density at radius 3 is 1.80 bits per heavy atom. The largest absolute Gasteiger partial charge is 0.507 e. The van der Waals surface area contributed by atoms with Gasteiger partial charge in [-0.15, -0.1) is 0 Å². The summed E-state index contributed by atoms with van der Waals surface area (Å²) in [6.45, 7) is 5.46. The van der Waals surface area contributed by atoms with E-state index in [9.17, 15) is 5.11 Å². The Labute approximate surface area is 124 Å². The van der Waals surface area contributed by atoms with E-state index >= 15 is 0 Å². The molecule has 1 rings (SSSR count). The third kappa shape index (κ3) is 5.54. The first-order valence-corrected chi connectivity index (χ1v) is 8.06. The number of unbranched alkanes of at least 4 members (excludes halogenated alkanes) is 2. The maximum absolute atomic E-state index is 10.4. The van der Waals surface area contributed by atoms with E-state index in [1.165, 1.54) is 18.4 Å². The van der Waals surface area contributed by atoms with Gasteiger partial charge < -0.3 is 10.0 Å². The van der Waals surface area contributed by atoms with Crippen molar-refractivity contribution >= 4 is 0 Å². The van der Waals surface area contributed by atoms with Gasteiger partial charge in [0.1, 0.15) is 5.75 Å². The summed E-state index contributed by atoms with van der Waals surface area (Å²) < 4.78 is 0. The minimum atomic E-state index is 0.556. The van der Waals surface area contributed by atoms with E-state index in [-0.39, 0.29) is 0 Å². The molecule has 114 valence electrons. The van der Waals surface area contributed by atoms with Crippen LogP contribution in [0.2, 0.25) is 0 Å². The molecule has 0 spiro atoms.